The zero-order valence-electron chi connectivity index (χ0n) is 16.0. The molecule has 1 aliphatic heterocycles. The molecule has 0 aliphatic carbocycles. The second-order valence-corrected chi connectivity index (χ2v) is 8.54. The second-order valence-electron chi connectivity index (χ2n) is 6.64. The smallest absolute Gasteiger partial charge is 0.173 e. The van der Waals surface area contributed by atoms with E-state index in [1.165, 1.54) is 18.7 Å². The molecular weight excluding hydrogens is 448 g/mol. The Bertz CT molecular complexity index is 1070. The Morgan fingerprint density at radius 3 is 2.52 bits per heavy atom. The Labute approximate surface area is 182 Å². The van der Waals surface area contributed by atoms with Gasteiger partial charge in [0, 0.05) is 21.3 Å². The van der Waals surface area contributed by atoms with Crippen LogP contribution in [-0.4, -0.2) is 17.3 Å². The van der Waals surface area contributed by atoms with Gasteiger partial charge in [0.2, 0.25) is 0 Å². The average molecular weight is 467 g/mol. The molecule has 1 atom stereocenters. The molecule has 0 radical (unpaired) electrons. The molecule has 6 heteroatoms. The molecule has 1 aliphatic rings. The van der Waals surface area contributed by atoms with Gasteiger partial charge in [-0.3, -0.25) is 9.59 Å². The number of nitrogens with one attached hydrogen (secondary N) is 1. The second kappa shape index (κ2) is 9.25. The van der Waals surface area contributed by atoms with Crippen molar-refractivity contribution in [3.8, 4) is 6.07 Å². The van der Waals surface area contributed by atoms with Crippen molar-refractivity contribution in [2.24, 2.45) is 0 Å². The molecule has 0 unspecified atom stereocenters. The van der Waals surface area contributed by atoms with Gasteiger partial charge in [-0.15, -0.1) is 0 Å². The summed E-state index contributed by atoms with van der Waals surface area (Å²) >= 11 is 4.67. The normalized spacial score (nSPS) is 16.3. The van der Waals surface area contributed by atoms with Crippen LogP contribution in [0.4, 0.5) is 0 Å². The number of ketones is 2. The maximum atomic E-state index is 12.6. The van der Waals surface area contributed by atoms with Gasteiger partial charge in [0.25, 0.3) is 0 Å². The summed E-state index contributed by atoms with van der Waals surface area (Å²) in [5, 5.41) is 13.7. The van der Waals surface area contributed by atoms with Gasteiger partial charge in [-0.1, -0.05) is 70.2 Å². The summed E-state index contributed by atoms with van der Waals surface area (Å²) < 4.78 is 0.843. The monoisotopic (exact) mass is 466 g/mol. The van der Waals surface area contributed by atoms with E-state index in [9.17, 15) is 14.9 Å². The van der Waals surface area contributed by atoms with Gasteiger partial charge in [-0.25, -0.2) is 0 Å². The number of dihydropyridines is 1. The molecule has 146 valence electrons. The van der Waals surface area contributed by atoms with Crippen LogP contribution in [0, 0.1) is 11.3 Å². The highest BCUT2D eigenvalue weighted by Gasteiger charge is 2.33. The first kappa shape index (κ1) is 21.1. The summed E-state index contributed by atoms with van der Waals surface area (Å²) in [6.07, 6.45) is 0. The molecule has 0 bridgehead atoms. The summed E-state index contributed by atoms with van der Waals surface area (Å²) in [6, 6.07) is 19.0. The molecule has 3 rings (SSSR count). The van der Waals surface area contributed by atoms with Crippen LogP contribution < -0.4 is 5.32 Å². The minimum absolute atomic E-state index is 0.0295. The molecule has 2 aromatic rings. The number of carbonyl (C=O) groups is 2. The molecule has 4 nitrogen and oxygen atoms in total. The topological polar surface area (TPSA) is 70.0 Å². The van der Waals surface area contributed by atoms with Gasteiger partial charge in [-0.2, -0.15) is 5.26 Å². The van der Waals surface area contributed by atoms with Crippen LogP contribution in [0.3, 0.4) is 0 Å². The number of hydrogen-bond donors (Lipinski definition) is 1. The molecule has 0 aromatic heterocycles. The molecule has 0 amide bonds. The number of nitrogens with zero attached hydrogens (tertiary/aromatic N) is 1. The van der Waals surface area contributed by atoms with Crippen molar-refractivity contribution < 1.29 is 9.59 Å². The molecule has 1 N–H and O–H groups in total. The summed E-state index contributed by atoms with van der Waals surface area (Å²) in [7, 11) is 0. The number of halogens is 1. The molecule has 29 heavy (non-hydrogen) atoms. The molecule has 0 spiro atoms. The average Bonchev–Trinajstić information content (AvgIpc) is 2.71. The van der Waals surface area contributed by atoms with E-state index in [0.29, 0.717) is 27.4 Å². The van der Waals surface area contributed by atoms with Crippen molar-refractivity contribution in [2.75, 3.05) is 5.75 Å². The minimum atomic E-state index is -0.441. The fraction of sp³-hybridized carbons (Fsp3) is 0.174. The van der Waals surface area contributed by atoms with Crippen molar-refractivity contribution in [3.63, 3.8) is 0 Å². The molecular formula is C23H19BrN2O2S. The number of carbonyl (C=O) groups excluding carboxylic acids is 2. The van der Waals surface area contributed by atoms with E-state index in [0.717, 1.165) is 10.0 Å². The summed E-state index contributed by atoms with van der Waals surface area (Å²) in [5.74, 6) is -0.360. The van der Waals surface area contributed by atoms with E-state index >= 15 is 0 Å². The molecule has 0 fully saturated rings. The van der Waals surface area contributed by atoms with E-state index < -0.39 is 5.92 Å². The van der Waals surface area contributed by atoms with E-state index in [2.05, 4.69) is 27.3 Å². The third-order valence-corrected chi connectivity index (χ3v) is 6.16. The third kappa shape index (κ3) is 4.69. The minimum Gasteiger partial charge on any atom is -0.353 e. The van der Waals surface area contributed by atoms with Crippen LogP contribution in [0.25, 0.3) is 0 Å². The van der Waals surface area contributed by atoms with E-state index in [-0.39, 0.29) is 17.3 Å². The number of thioether (sulfide) groups is 1. The Hall–Kier alpha value is -2.62. The van der Waals surface area contributed by atoms with Crippen molar-refractivity contribution in [1.29, 1.82) is 5.26 Å². The highest BCUT2D eigenvalue weighted by molar-refractivity contribution is 9.10. The third-order valence-electron chi connectivity index (χ3n) is 4.65. The maximum absolute atomic E-state index is 12.6. The number of Topliss-reactive ketones (excluding diaryl/α,β-unsaturated/α-hetero) is 2. The number of nitriles is 1. The predicted molar refractivity (Wildman–Crippen MR) is 119 cm³/mol. The van der Waals surface area contributed by atoms with Crippen molar-refractivity contribution in [2.45, 2.75) is 19.8 Å². The highest BCUT2D eigenvalue weighted by atomic mass is 79.9. The zero-order chi connectivity index (χ0) is 21.0. The Kier molecular flexibility index (Phi) is 6.73. The van der Waals surface area contributed by atoms with Crippen molar-refractivity contribution in [3.05, 3.63) is 92.1 Å². The van der Waals surface area contributed by atoms with Crippen LogP contribution in [0.2, 0.25) is 0 Å². The number of rotatable bonds is 6. The van der Waals surface area contributed by atoms with Crippen molar-refractivity contribution in [1.82, 2.24) is 5.32 Å². The van der Waals surface area contributed by atoms with Crippen LogP contribution >= 0.6 is 27.7 Å². The van der Waals surface area contributed by atoms with Gasteiger partial charge in [0.05, 0.1) is 28.3 Å². The molecule has 0 saturated carbocycles. The SMILES string of the molecule is CC(=O)C1=C(C)NC(SCC(=O)c2cccc(Br)c2)=C(C#N)[C@H]1c1ccccc1. The van der Waals surface area contributed by atoms with Crippen LogP contribution in [0.1, 0.15) is 35.7 Å². The molecule has 2 aromatic carbocycles. The fourth-order valence-corrected chi connectivity index (χ4v) is 4.74. The summed E-state index contributed by atoms with van der Waals surface area (Å²) in [5.41, 5.74) is 3.24. The van der Waals surface area contributed by atoms with Gasteiger partial charge in [0.1, 0.15) is 0 Å². The van der Waals surface area contributed by atoms with Gasteiger partial charge in [0.15, 0.2) is 11.6 Å². The standard InChI is InChI=1S/C23H19BrN2O2S/c1-14-21(15(2)27)22(16-7-4-3-5-8-16)19(12-25)23(26-14)29-13-20(28)17-9-6-10-18(24)11-17/h3-11,22,26H,13H2,1-2H3/t22-/m1/s1. The number of benzene rings is 2. The summed E-state index contributed by atoms with van der Waals surface area (Å²) in [6.45, 7) is 3.35. The quantitative estimate of drug-likeness (QED) is 0.580. The maximum Gasteiger partial charge on any atom is 0.173 e. The molecule has 1 heterocycles. The first-order valence-corrected chi connectivity index (χ1v) is 10.8. The molecule has 0 saturated heterocycles. The van der Waals surface area contributed by atoms with E-state index in [4.69, 9.17) is 0 Å². The first-order chi connectivity index (χ1) is 13.9. The number of hydrogen-bond acceptors (Lipinski definition) is 5. The fourth-order valence-electron chi connectivity index (χ4n) is 3.36. The number of allylic oxidation sites excluding steroid dienone is 3. The van der Waals surface area contributed by atoms with Gasteiger partial charge >= 0.3 is 0 Å². The Morgan fingerprint density at radius 2 is 1.90 bits per heavy atom. The lowest BCUT2D eigenvalue weighted by molar-refractivity contribution is -0.113. The van der Waals surface area contributed by atoms with E-state index in [1.807, 2.05) is 49.4 Å². The zero-order valence-corrected chi connectivity index (χ0v) is 18.4. The van der Waals surface area contributed by atoms with Gasteiger partial charge < -0.3 is 5.32 Å². The Morgan fingerprint density at radius 1 is 1.17 bits per heavy atom. The highest BCUT2D eigenvalue weighted by Crippen LogP contribution is 2.40. The predicted octanol–water partition coefficient (Wildman–Crippen LogP) is 5.35. The lowest BCUT2D eigenvalue weighted by Gasteiger charge is -2.29. The van der Waals surface area contributed by atoms with Gasteiger partial charge in [-0.05, 0) is 31.5 Å². The lowest BCUT2D eigenvalue weighted by Crippen LogP contribution is -2.27. The van der Waals surface area contributed by atoms with Crippen molar-refractivity contribution >= 4 is 39.3 Å². The largest absolute Gasteiger partial charge is 0.353 e. The lowest BCUT2D eigenvalue weighted by atomic mass is 9.81. The van der Waals surface area contributed by atoms with E-state index in [1.54, 1.807) is 12.1 Å². The Balaban J connectivity index is 1.94. The van der Waals surface area contributed by atoms with Crippen LogP contribution in [0.5, 0.6) is 0 Å². The summed E-state index contributed by atoms with van der Waals surface area (Å²) in [4.78, 5) is 24.9. The van der Waals surface area contributed by atoms with Crippen LogP contribution in [-0.2, 0) is 4.79 Å². The first-order valence-electron chi connectivity index (χ1n) is 9.02. The van der Waals surface area contributed by atoms with Crippen LogP contribution in [0.15, 0.2) is 80.9 Å².